The molecule has 2 aliphatic rings. The number of likely N-dealkylation sites (N-methyl/N-ethyl adjacent to an activating group) is 1. The molecule has 0 fully saturated rings. The van der Waals surface area contributed by atoms with E-state index < -0.39 is 0 Å². The molecular formula is C27H29N3O2. The number of nitrogens with one attached hydrogen (secondary N) is 1. The molecule has 32 heavy (non-hydrogen) atoms. The van der Waals surface area contributed by atoms with Crippen LogP contribution in [0.3, 0.4) is 0 Å². The van der Waals surface area contributed by atoms with Gasteiger partial charge in [0.25, 0.3) is 0 Å². The Morgan fingerprint density at radius 2 is 1.72 bits per heavy atom. The summed E-state index contributed by atoms with van der Waals surface area (Å²) < 4.78 is 2.10. The van der Waals surface area contributed by atoms with Gasteiger partial charge in [0.15, 0.2) is 11.6 Å². The molecule has 1 atom stereocenters. The number of fused-ring (bicyclic) bond motifs is 5. The summed E-state index contributed by atoms with van der Waals surface area (Å²) in [5.41, 5.74) is 6.34. The fourth-order valence-electron chi connectivity index (χ4n) is 5.30. The van der Waals surface area contributed by atoms with E-state index in [2.05, 4.69) is 47.7 Å². The Morgan fingerprint density at radius 3 is 2.50 bits per heavy atom. The van der Waals surface area contributed by atoms with Crippen LogP contribution in [0.4, 0.5) is 5.69 Å². The van der Waals surface area contributed by atoms with Crippen molar-refractivity contribution in [3.8, 4) is 0 Å². The average Bonchev–Trinajstić information content (AvgIpc) is 3.20. The number of benzene rings is 2. The van der Waals surface area contributed by atoms with Gasteiger partial charge in [-0.3, -0.25) is 9.59 Å². The number of hydrogen-bond acceptors (Lipinski definition) is 4. The summed E-state index contributed by atoms with van der Waals surface area (Å²) in [5.74, 6) is -0.0296. The smallest absolute Gasteiger partial charge is 0.198 e. The summed E-state index contributed by atoms with van der Waals surface area (Å²) in [6, 6.07) is 13.9. The van der Waals surface area contributed by atoms with Crippen molar-refractivity contribution in [2.45, 2.75) is 33.2 Å². The Morgan fingerprint density at radius 1 is 0.969 bits per heavy atom. The van der Waals surface area contributed by atoms with E-state index in [9.17, 15) is 9.59 Å². The SMILES string of the molecule is CCN(CC)CCNc1cccc2c1C(=O)c1cn3c(c1C2=O)C(C)c1ccccc1C3. The van der Waals surface area contributed by atoms with E-state index in [4.69, 9.17) is 0 Å². The Kier molecular flexibility index (Phi) is 5.22. The van der Waals surface area contributed by atoms with Crippen LogP contribution in [0, 0.1) is 0 Å². The molecule has 0 bridgehead atoms. The van der Waals surface area contributed by atoms with Crippen LogP contribution in [0.1, 0.15) is 75.4 Å². The maximum Gasteiger partial charge on any atom is 0.198 e. The van der Waals surface area contributed by atoms with Gasteiger partial charge in [-0.05, 0) is 30.3 Å². The average molecular weight is 428 g/mol. The van der Waals surface area contributed by atoms with E-state index in [1.54, 1.807) is 6.07 Å². The molecule has 5 rings (SSSR count). The number of hydrogen-bond donors (Lipinski definition) is 1. The Labute approximate surface area is 189 Å². The van der Waals surface area contributed by atoms with Crippen LogP contribution < -0.4 is 5.32 Å². The highest BCUT2D eigenvalue weighted by molar-refractivity contribution is 6.30. The number of aromatic nitrogens is 1. The number of rotatable bonds is 6. The van der Waals surface area contributed by atoms with Crippen LogP contribution in [0.2, 0.25) is 0 Å². The lowest BCUT2D eigenvalue weighted by molar-refractivity contribution is 0.0980. The summed E-state index contributed by atoms with van der Waals surface area (Å²) in [6.07, 6.45) is 1.90. The molecule has 2 heterocycles. The predicted molar refractivity (Wildman–Crippen MR) is 127 cm³/mol. The van der Waals surface area contributed by atoms with Gasteiger partial charge in [0, 0.05) is 48.7 Å². The molecule has 1 aliphatic heterocycles. The van der Waals surface area contributed by atoms with Crippen LogP contribution in [0.15, 0.2) is 48.7 Å². The third kappa shape index (κ3) is 3.11. The molecule has 0 saturated heterocycles. The molecule has 0 amide bonds. The molecule has 5 nitrogen and oxygen atoms in total. The molecule has 1 aliphatic carbocycles. The largest absolute Gasteiger partial charge is 0.383 e. The van der Waals surface area contributed by atoms with Gasteiger partial charge in [0.05, 0.1) is 16.7 Å². The molecule has 0 radical (unpaired) electrons. The van der Waals surface area contributed by atoms with E-state index in [1.165, 1.54) is 11.1 Å². The second-order valence-corrected chi connectivity index (χ2v) is 8.69. The quantitative estimate of drug-likeness (QED) is 0.491. The number of anilines is 1. The highest BCUT2D eigenvalue weighted by Crippen LogP contribution is 2.41. The summed E-state index contributed by atoms with van der Waals surface area (Å²) >= 11 is 0. The van der Waals surface area contributed by atoms with Crippen molar-refractivity contribution in [2.24, 2.45) is 0 Å². The number of carbonyl (C=O) groups excluding carboxylic acids is 2. The molecule has 1 N–H and O–H groups in total. The lowest BCUT2D eigenvalue weighted by Gasteiger charge is -2.27. The van der Waals surface area contributed by atoms with Gasteiger partial charge in [0.1, 0.15) is 0 Å². The van der Waals surface area contributed by atoms with Crippen LogP contribution in [0.5, 0.6) is 0 Å². The summed E-state index contributed by atoms with van der Waals surface area (Å²) in [6.45, 7) is 10.7. The number of carbonyl (C=O) groups is 2. The van der Waals surface area contributed by atoms with Gasteiger partial charge in [-0.15, -0.1) is 0 Å². The highest BCUT2D eigenvalue weighted by Gasteiger charge is 2.38. The second-order valence-electron chi connectivity index (χ2n) is 8.69. The summed E-state index contributed by atoms with van der Waals surface area (Å²) in [5, 5.41) is 3.42. The van der Waals surface area contributed by atoms with E-state index in [1.807, 2.05) is 30.5 Å². The van der Waals surface area contributed by atoms with Gasteiger partial charge in [0.2, 0.25) is 0 Å². The monoisotopic (exact) mass is 427 g/mol. The van der Waals surface area contributed by atoms with Crippen molar-refractivity contribution in [3.05, 3.63) is 87.7 Å². The lowest BCUT2D eigenvalue weighted by Crippen LogP contribution is -2.29. The first-order valence-corrected chi connectivity index (χ1v) is 11.5. The summed E-state index contributed by atoms with van der Waals surface area (Å²) in [4.78, 5) is 29.7. The van der Waals surface area contributed by atoms with Crippen LogP contribution >= 0.6 is 0 Å². The van der Waals surface area contributed by atoms with Crippen LogP contribution in [0.25, 0.3) is 0 Å². The molecule has 2 aromatic carbocycles. The van der Waals surface area contributed by atoms with Gasteiger partial charge in [-0.2, -0.15) is 0 Å². The van der Waals surface area contributed by atoms with Gasteiger partial charge < -0.3 is 14.8 Å². The maximum absolute atomic E-state index is 13.7. The van der Waals surface area contributed by atoms with Crippen LogP contribution in [-0.4, -0.2) is 47.2 Å². The first kappa shape index (κ1) is 20.7. The minimum atomic E-state index is -0.0568. The second kappa shape index (κ2) is 8.06. The first-order valence-electron chi connectivity index (χ1n) is 11.5. The van der Waals surface area contributed by atoms with E-state index in [0.29, 0.717) is 28.8 Å². The third-order valence-electron chi connectivity index (χ3n) is 7.04. The normalized spacial score (nSPS) is 16.4. The van der Waals surface area contributed by atoms with Crippen molar-refractivity contribution in [1.82, 2.24) is 9.47 Å². The zero-order chi connectivity index (χ0) is 22.4. The van der Waals surface area contributed by atoms with Crippen molar-refractivity contribution >= 4 is 17.3 Å². The van der Waals surface area contributed by atoms with E-state index >= 15 is 0 Å². The minimum absolute atomic E-state index is 0.0398. The van der Waals surface area contributed by atoms with Gasteiger partial charge >= 0.3 is 0 Å². The Bertz CT molecular complexity index is 1220. The van der Waals surface area contributed by atoms with Crippen LogP contribution in [-0.2, 0) is 6.54 Å². The van der Waals surface area contributed by atoms with Gasteiger partial charge in [-0.25, -0.2) is 0 Å². The van der Waals surface area contributed by atoms with E-state index in [-0.39, 0.29) is 17.5 Å². The molecule has 1 unspecified atom stereocenters. The first-order chi connectivity index (χ1) is 15.5. The van der Waals surface area contributed by atoms with Crippen molar-refractivity contribution in [1.29, 1.82) is 0 Å². The molecule has 5 heteroatoms. The predicted octanol–water partition coefficient (Wildman–Crippen LogP) is 4.53. The Balaban J connectivity index is 1.53. The summed E-state index contributed by atoms with van der Waals surface area (Å²) in [7, 11) is 0. The zero-order valence-corrected chi connectivity index (χ0v) is 18.9. The molecular weight excluding hydrogens is 398 g/mol. The highest BCUT2D eigenvalue weighted by atomic mass is 16.1. The maximum atomic E-state index is 13.7. The van der Waals surface area contributed by atoms with Gasteiger partial charge in [-0.1, -0.05) is 57.2 Å². The topological polar surface area (TPSA) is 54.3 Å². The fourth-order valence-corrected chi connectivity index (χ4v) is 5.30. The molecule has 164 valence electrons. The van der Waals surface area contributed by atoms with Crippen molar-refractivity contribution in [2.75, 3.05) is 31.5 Å². The standard InChI is InChI=1S/C27H29N3O2/c1-4-29(5-2)14-13-28-22-12-8-11-20-23(22)27(32)21-16-30-15-18-9-6-7-10-19(18)17(3)25(30)24(21)26(20)31/h6-12,16-17,28H,4-5,13-15H2,1-3H3. The fraction of sp³-hybridized carbons (Fsp3) is 0.333. The molecule has 0 saturated carbocycles. The third-order valence-corrected chi connectivity index (χ3v) is 7.04. The molecule has 1 aromatic heterocycles. The molecule has 0 spiro atoms. The van der Waals surface area contributed by atoms with Crippen molar-refractivity contribution < 1.29 is 9.59 Å². The number of nitrogens with zero attached hydrogens (tertiary/aromatic N) is 2. The zero-order valence-electron chi connectivity index (χ0n) is 18.9. The lowest BCUT2D eigenvalue weighted by atomic mass is 9.80. The number of ketones is 2. The van der Waals surface area contributed by atoms with E-state index in [0.717, 1.165) is 37.6 Å². The minimum Gasteiger partial charge on any atom is -0.383 e. The van der Waals surface area contributed by atoms with Crippen molar-refractivity contribution in [3.63, 3.8) is 0 Å². The molecule has 3 aromatic rings. The Hall–Kier alpha value is -3.18.